The summed E-state index contributed by atoms with van der Waals surface area (Å²) in [4.78, 5) is 0. The Morgan fingerprint density at radius 3 is 2.56 bits per heavy atom. The van der Waals surface area contributed by atoms with Crippen LogP contribution >= 0.6 is 0 Å². The van der Waals surface area contributed by atoms with E-state index >= 15 is 0 Å². The minimum absolute atomic E-state index is 0.418. The number of rotatable bonds is 1. The summed E-state index contributed by atoms with van der Waals surface area (Å²) in [6, 6.07) is 0. The van der Waals surface area contributed by atoms with Crippen molar-refractivity contribution < 1.29 is 0 Å². The van der Waals surface area contributed by atoms with Crippen LogP contribution in [-0.2, 0) is 0 Å². The van der Waals surface area contributed by atoms with Crippen molar-refractivity contribution >= 4 is 0 Å². The molecule has 0 aromatic rings. The van der Waals surface area contributed by atoms with Crippen LogP contribution in [0.25, 0.3) is 0 Å². The van der Waals surface area contributed by atoms with E-state index in [-0.39, 0.29) is 0 Å². The number of fused-ring (bicyclic) bond motifs is 1. The molecule has 0 heterocycles. The van der Waals surface area contributed by atoms with Crippen LogP contribution in [0.4, 0.5) is 0 Å². The molecule has 3 rings (SSSR count). The Bertz CT molecular complexity index is 383. The van der Waals surface area contributed by atoms with Crippen molar-refractivity contribution in [3.63, 3.8) is 0 Å². The molecule has 2 N–H and O–H groups in total. The van der Waals surface area contributed by atoms with Crippen molar-refractivity contribution in [2.24, 2.45) is 33.8 Å². The van der Waals surface area contributed by atoms with Crippen molar-refractivity contribution in [2.75, 3.05) is 6.54 Å². The van der Waals surface area contributed by atoms with Gasteiger partial charge in [-0.25, -0.2) is 0 Å². The lowest BCUT2D eigenvalue weighted by atomic mass is 9.48. The van der Waals surface area contributed by atoms with Crippen molar-refractivity contribution in [3.8, 4) is 0 Å². The fraction of sp³-hybridized carbons (Fsp3) is 0.882. The third-order valence-electron chi connectivity index (χ3n) is 7.09. The van der Waals surface area contributed by atoms with E-state index in [0.717, 1.165) is 12.5 Å². The average molecular weight is 247 g/mol. The molecule has 3 aliphatic carbocycles. The van der Waals surface area contributed by atoms with E-state index in [2.05, 4.69) is 27.4 Å². The smallest absolute Gasteiger partial charge is 0.00114 e. The Balaban J connectivity index is 2.04. The summed E-state index contributed by atoms with van der Waals surface area (Å²) in [5.41, 5.74) is 8.96. The molecule has 0 aromatic carbocycles. The Kier molecular flexibility index (Phi) is 2.56. The summed E-state index contributed by atoms with van der Waals surface area (Å²) < 4.78 is 0. The zero-order valence-corrected chi connectivity index (χ0v) is 12.4. The van der Waals surface area contributed by atoms with Gasteiger partial charge in [0.15, 0.2) is 0 Å². The normalized spacial score (nSPS) is 50.1. The van der Waals surface area contributed by atoms with Gasteiger partial charge in [-0.15, -0.1) is 0 Å². The van der Waals surface area contributed by atoms with Crippen LogP contribution in [0, 0.1) is 28.1 Å². The number of hydrogen-bond acceptors (Lipinski definition) is 1. The zero-order valence-electron chi connectivity index (χ0n) is 12.4. The molecule has 0 aliphatic heterocycles. The predicted molar refractivity (Wildman–Crippen MR) is 77.2 cm³/mol. The first-order valence-corrected chi connectivity index (χ1v) is 7.74. The highest BCUT2D eigenvalue weighted by Crippen LogP contribution is 2.73. The van der Waals surface area contributed by atoms with E-state index in [1.54, 1.807) is 0 Å². The molecule has 1 spiro atoms. The highest BCUT2D eigenvalue weighted by Gasteiger charge is 2.63. The van der Waals surface area contributed by atoms with E-state index in [0.29, 0.717) is 22.2 Å². The fourth-order valence-electron chi connectivity index (χ4n) is 5.69. The molecule has 1 heteroatoms. The van der Waals surface area contributed by atoms with Crippen LogP contribution in [0.5, 0.6) is 0 Å². The fourth-order valence-corrected chi connectivity index (χ4v) is 5.69. The van der Waals surface area contributed by atoms with Gasteiger partial charge in [0.2, 0.25) is 0 Å². The third kappa shape index (κ3) is 1.37. The molecule has 4 atom stereocenters. The summed E-state index contributed by atoms with van der Waals surface area (Å²) in [6.07, 6.45) is 8.25. The maximum atomic E-state index is 5.99. The second kappa shape index (κ2) is 3.62. The summed E-state index contributed by atoms with van der Waals surface area (Å²) in [6.45, 7) is 12.9. The standard InChI is InChI=1S/C17H29N/c1-12-13(10-18)5-7-16(4)8-6-14-9-17(12,16)11-15(14,2)3/h13-14H,1,5-11,18H2,2-4H3. The van der Waals surface area contributed by atoms with Gasteiger partial charge in [-0.3, -0.25) is 0 Å². The van der Waals surface area contributed by atoms with Crippen LogP contribution in [0.2, 0.25) is 0 Å². The highest BCUT2D eigenvalue weighted by molar-refractivity contribution is 5.28. The SMILES string of the molecule is C=C1C(CN)CCC2(C)CCC3CC12CC3(C)C. The van der Waals surface area contributed by atoms with Crippen LogP contribution in [-0.4, -0.2) is 6.54 Å². The Hall–Kier alpha value is -0.300. The Morgan fingerprint density at radius 2 is 1.89 bits per heavy atom. The molecule has 0 amide bonds. The first kappa shape index (κ1) is 12.7. The van der Waals surface area contributed by atoms with Gasteiger partial charge in [0, 0.05) is 0 Å². The van der Waals surface area contributed by atoms with Crippen LogP contribution in [0.3, 0.4) is 0 Å². The monoisotopic (exact) mass is 247 g/mol. The van der Waals surface area contributed by atoms with Crippen LogP contribution in [0.15, 0.2) is 12.2 Å². The molecule has 18 heavy (non-hydrogen) atoms. The van der Waals surface area contributed by atoms with Crippen molar-refractivity contribution in [1.82, 2.24) is 0 Å². The molecule has 0 radical (unpaired) electrons. The molecule has 1 nitrogen and oxygen atoms in total. The quantitative estimate of drug-likeness (QED) is 0.693. The van der Waals surface area contributed by atoms with Crippen LogP contribution in [0.1, 0.15) is 59.3 Å². The summed E-state index contributed by atoms with van der Waals surface area (Å²) in [5.74, 6) is 1.50. The molecule has 102 valence electrons. The zero-order chi connectivity index (χ0) is 13.2. The van der Waals surface area contributed by atoms with Crippen molar-refractivity contribution in [2.45, 2.75) is 59.3 Å². The first-order chi connectivity index (χ1) is 8.35. The second-order valence-electron chi connectivity index (χ2n) is 8.24. The Morgan fingerprint density at radius 1 is 1.22 bits per heavy atom. The average Bonchev–Trinajstić information content (AvgIpc) is 2.54. The van der Waals surface area contributed by atoms with E-state index in [1.165, 1.54) is 44.1 Å². The lowest BCUT2D eigenvalue weighted by molar-refractivity contribution is 0.00147. The maximum Gasteiger partial charge on any atom is -0.00114 e. The van der Waals surface area contributed by atoms with Gasteiger partial charge in [0.1, 0.15) is 0 Å². The molecular formula is C17H29N. The van der Waals surface area contributed by atoms with E-state index in [9.17, 15) is 0 Å². The summed E-state index contributed by atoms with van der Waals surface area (Å²) in [7, 11) is 0. The molecule has 3 fully saturated rings. The van der Waals surface area contributed by atoms with Gasteiger partial charge in [-0.1, -0.05) is 32.9 Å². The summed E-state index contributed by atoms with van der Waals surface area (Å²) in [5, 5.41) is 0. The largest absolute Gasteiger partial charge is 0.330 e. The maximum absolute atomic E-state index is 5.99. The van der Waals surface area contributed by atoms with Gasteiger partial charge in [-0.05, 0) is 73.2 Å². The summed E-state index contributed by atoms with van der Waals surface area (Å²) >= 11 is 0. The molecule has 0 aromatic heterocycles. The van der Waals surface area contributed by atoms with Gasteiger partial charge < -0.3 is 5.73 Å². The Labute approximate surface area is 112 Å². The van der Waals surface area contributed by atoms with Gasteiger partial charge in [0.25, 0.3) is 0 Å². The molecule has 0 saturated heterocycles. The lowest BCUT2D eigenvalue weighted by Crippen LogP contribution is -2.48. The highest BCUT2D eigenvalue weighted by atomic mass is 14.7. The van der Waals surface area contributed by atoms with Gasteiger partial charge >= 0.3 is 0 Å². The minimum Gasteiger partial charge on any atom is -0.330 e. The molecule has 4 unspecified atom stereocenters. The molecule has 3 aliphatic rings. The molecule has 2 bridgehead atoms. The van der Waals surface area contributed by atoms with Crippen LogP contribution < -0.4 is 5.73 Å². The van der Waals surface area contributed by atoms with Gasteiger partial charge in [0.05, 0.1) is 0 Å². The number of nitrogens with two attached hydrogens (primary N) is 1. The van der Waals surface area contributed by atoms with Crippen molar-refractivity contribution in [3.05, 3.63) is 12.2 Å². The minimum atomic E-state index is 0.418. The van der Waals surface area contributed by atoms with E-state index in [4.69, 9.17) is 5.73 Å². The van der Waals surface area contributed by atoms with Gasteiger partial charge in [-0.2, -0.15) is 0 Å². The van der Waals surface area contributed by atoms with E-state index < -0.39 is 0 Å². The van der Waals surface area contributed by atoms with Crippen molar-refractivity contribution in [1.29, 1.82) is 0 Å². The first-order valence-electron chi connectivity index (χ1n) is 7.74. The number of hydrogen-bond donors (Lipinski definition) is 1. The molecular weight excluding hydrogens is 218 g/mol. The molecule has 3 saturated carbocycles. The second-order valence-corrected chi connectivity index (χ2v) is 8.24. The lowest BCUT2D eigenvalue weighted by Gasteiger charge is -2.56. The predicted octanol–water partition coefficient (Wildman–Crippen LogP) is 4.13. The topological polar surface area (TPSA) is 26.0 Å². The van der Waals surface area contributed by atoms with E-state index in [1.807, 2.05) is 0 Å². The third-order valence-corrected chi connectivity index (χ3v) is 7.09.